The number of hydrogen-bond acceptors (Lipinski definition) is 4. The van der Waals surface area contributed by atoms with Crippen molar-refractivity contribution in [2.45, 2.75) is 24.9 Å². The van der Waals surface area contributed by atoms with E-state index in [-0.39, 0.29) is 5.75 Å². The van der Waals surface area contributed by atoms with Gasteiger partial charge >= 0.3 is 6.18 Å². The second-order valence-electron chi connectivity index (χ2n) is 6.25. The maximum absolute atomic E-state index is 12.6. The molecule has 0 saturated heterocycles. The number of carbonyl (C=O) groups excluding carboxylic acids is 1. The number of amides is 1. The molecule has 2 aromatic carbocycles. The number of hydrogen-bond donors (Lipinski definition) is 1. The largest absolute Gasteiger partial charge is 0.416 e. The summed E-state index contributed by atoms with van der Waals surface area (Å²) in [5.74, 6) is -1.86. The molecule has 1 amide bonds. The van der Waals surface area contributed by atoms with Crippen molar-refractivity contribution in [2.75, 3.05) is 5.75 Å². The Morgan fingerprint density at radius 3 is 2.18 bits per heavy atom. The fraction of sp³-hybridized carbons (Fsp3) is 0.263. The Bertz CT molecular complexity index is 977. The van der Waals surface area contributed by atoms with Crippen molar-refractivity contribution in [3.63, 3.8) is 0 Å². The average molecular weight is 410 g/mol. The minimum absolute atomic E-state index is 0.360. The van der Waals surface area contributed by atoms with Crippen LogP contribution in [0.4, 0.5) is 13.2 Å². The lowest BCUT2D eigenvalue weighted by atomic mass is 10.1. The van der Waals surface area contributed by atoms with Gasteiger partial charge in [0.15, 0.2) is 9.84 Å². The predicted octanol–water partition coefficient (Wildman–Crippen LogP) is 3.37. The van der Waals surface area contributed by atoms with Gasteiger partial charge in [-0.05, 0) is 42.3 Å². The molecule has 28 heavy (non-hydrogen) atoms. The van der Waals surface area contributed by atoms with E-state index in [9.17, 15) is 26.4 Å². The fourth-order valence-corrected chi connectivity index (χ4v) is 3.79. The molecule has 0 radical (unpaired) electrons. The highest BCUT2D eigenvalue weighted by atomic mass is 32.2. The van der Waals surface area contributed by atoms with Crippen LogP contribution in [0.2, 0.25) is 0 Å². The summed E-state index contributed by atoms with van der Waals surface area (Å²) < 4.78 is 62.1. The van der Waals surface area contributed by atoms with Gasteiger partial charge in [-0.25, -0.2) is 8.42 Å². The summed E-state index contributed by atoms with van der Waals surface area (Å²) in [5.41, 5.74) is 0.456. The van der Waals surface area contributed by atoms with Gasteiger partial charge in [-0.2, -0.15) is 18.4 Å². The third-order valence-electron chi connectivity index (χ3n) is 3.94. The summed E-state index contributed by atoms with van der Waals surface area (Å²) in [5, 5.41) is 11.2. The molecule has 0 heterocycles. The molecular weight excluding hydrogens is 393 g/mol. The summed E-state index contributed by atoms with van der Waals surface area (Å²) in [7, 11) is -3.75. The molecule has 5 nitrogen and oxygen atoms in total. The molecule has 1 N–H and O–H groups in total. The first kappa shape index (κ1) is 21.4. The Morgan fingerprint density at radius 2 is 1.68 bits per heavy atom. The van der Waals surface area contributed by atoms with Crippen LogP contribution in [0.1, 0.15) is 35.2 Å². The standard InChI is InChI=1S/C19H17F3N2O3S/c1-13(16-6-8-17(9-7-16)19(20,21)22)24-18(25)12-28(26,27)11-15-4-2-14(10-23)3-5-15/h2-9,13H,11-12H2,1H3,(H,24,25)/t13-/m0/s1. The topological polar surface area (TPSA) is 87.0 Å². The number of sulfone groups is 1. The highest BCUT2D eigenvalue weighted by Crippen LogP contribution is 2.29. The maximum Gasteiger partial charge on any atom is 0.416 e. The molecule has 9 heteroatoms. The van der Waals surface area contributed by atoms with E-state index in [0.717, 1.165) is 12.1 Å². The number of benzene rings is 2. The predicted molar refractivity (Wildman–Crippen MR) is 96.6 cm³/mol. The molecule has 2 aromatic rings. The third kappa shape index (κ3) is 6.09. The van der Waals surface area contributed by atoms with Crippen molar-refractivity contribution >= 4 is 15.7 Å². The zero-order chi connectivity index (χ0) is 20.9. The highest BCUT2D eigenvalue weighted by molar-refractivity contribution is 7.91. The van der Waals surface area contributed by atoms with Crippen LogP contribution in [0.3, 0.4) is 0 Å². The fourth-order valence-electron chi connectivity index (χ4n) is 2.51. The van der Waals surface area contributed by atoms with Crippen LogP contribution in [0.25, 0.3) is 0 Å². The van der Waals surface area contributed by atoms with Gasteiger partial charge in [-0.1, -0.05) is 24.3 Å². The molecule has 0 aliphatic heterocycles. The number of carbonyl (C=O) groups is 1. The number of nitriles is 1. The van der Waals surface area contributed by atoms with Crippen molar-refractivity contribution in [1.29, 1.82) is 5.26 Å². The van der Waals surface area contributed by atoms with Crippen molar-refractivity contribution in [1.82, 2.24) is 5.32 Å². The van der Waals surface area contributed by atoms with Crippen LogP contribution in [0, 0.1) is 11.3 Å². The van der Waals surface area contributed by atoms with Crippen LogP contribution in [0.5, 0.6) is 0 Å². The van der Waals surface area contributed by atoms with E-state index in [1.165, 1.54) is 36.4 Å². The normalized spacial score (nSPS) is 12.8. The molecule has 148 valence electrons. The van der Waals surface area contributed by atoms with E-state index in [2.05, 4.69) is 5.32 Å². The minimum atomic E-state index is -4.45. The van der Waals surface area contributed by atoms with Crippen LogP contribution < -0.4 is 5.32 Å². The van der Waals surface area contributed by atoms with E-state index in [1.807, 2.05) is 6.07 Å². The van der Waals surface area contributed by atoms with Gasteiger partial charge in [0.2, 0.25) is 5.91 Å². The van der Waals surface area contributed by atoms with Crippen LogP contribution >= 0.6 is 0 Å². The van der Waals surface area contributed by atoms with Crippen molar-refractivity contribution in [3.8, 4) is 6.07 Å². The van der Waals surface area contributed by atoms with Gasteiger partial charge in [0.1, 0.15) is 5.75 Å². The first-order chi connectivity index (χ1) is 13.0. The molecule has 0 unspecified atom stereocenters. The zero-order valence-corrected chi connectivity index (χ0v) is 15.6. The summed E-state index contributed by atoms with van der Waals surface area (Å²) in [4.78, 5) is 12.0. The molecule has 1 atom stereocenters. The van der Waals surface area contributed by atoms with Gasteiger partial charge in [0, 0.05) is 0 Å². The monoisotopic (exact) mass is 410 g/mol. The number of nitrogens with one attached hydrogen (secondary N) is 1. The Kier molecular flexibility index (Phi) is 6.46. The van der Waals surface area contributed by atoms with E-state index >= 15 is 0 Å². The first-order valence-electron chi connectivity index (χ1n) is 8.16. The molecule has 0 saturated carbocycles. The van der Waals surface area contributed by atoms with Gasteiger partial charge in [-0.15, -0.1) is 0 Å². The molecule has 0 spiro atoms. The summed E-state index contributed by atoms with van der Waals surface area (Å²) in [6.45, 7) is 1.55. The lowest BCUT2D eigenvalue weighted by Crippen LogP contribution is -2.32. The molecule has 0 bridgehead atoms. The molecule has 0 aromatic heterocycles. The molecule has 0 fully saturated rings. The maximum atomic E-state index is 12.6. The lowest BCUT2D eigenvalue weighted by Gasteiger charge is -2.15. The summed E-state index contributed by atoms with van der Waals surface area (Å²) in [6, 6.07) is 11.5. The molecule has 0 aliphatic carbocycles. The van der Waals surface area contributed by atoms with Gasteiger partial charge in [-0.3, -0.25) is 4.79 Å². The van der Waals surface area contributed by atoms with Crippen molar-refractivity contribution < 1.29 is 26.4 Å². The SMILES string of the molecule is C[C@H](NC(=O)CS(=O)(=O)Cc1ccc(C#N)cc1)c1ccc(C(F)(F)F)cc1. The Balaban J connectivity index is 1.97. The van der Waals surface area contributed by atoms with E-state index in [0.29, 0.717) is 16.7 Å². The van der Waals surface area contributed by atoms with E-state index in [1.54, 1.807) is 6.92 Å². The number of rotatable bonds is 6. The number of halogens is 3. The van der Waals surface area contributed by atoms with Crippen LogP contribution in [-0.4, -0.2) is 20.1 Å². The first-order valence-corrected chi connectivity index (χ1v) is 9.98. The average Bonchev–Trinajstić information content (AvgIpc) is 2.60. The van der Waals surface area contributed by atoms with Crippen LogP contribution in [0.15, 0.2) is 48.5 Å². The summed E-state index contributed by atoms with van der Waals surface area (Å²) >= 11 is 0. The second-order valence-corrected chi connectivity index (χ2v) is 8.31. The number of alkyl halides is 3. The Morgan fingerprint density at radius 1 is 1.11 bits per heavy atom. The zero-order valence-electron chi connectivity index (χ0n) is 14.8. The Hall–Kier alpha value is -2.86. The molecule has 2 rings (SSSR count). The smallest absolute Gasteiger partial charge is 0.349 e. The molecular formula is C19H17F3N2O3S. The van der Waals surface area contributed by atoms with Gasteiger partial charge < -0.3 is 5.32 Å². The second kappa shape index (κ2) is 8.44. The van der Waals surface area contributed by atoms with Gasteiger partial charge in [0.05, 0.1) is 29.0 Å². The van der Waals surface area contributed by atoms with Crippen LogP contribution in [-0.2, 0) is 26.6 Å². The van der Waals surface area contributed by atoms with E-state index in [4.69, 9.17) is 5.26 Å². The van der Waals surface area contributed by atoms with Gasteiger partial charge in [0.25, 0.3) is 0 Å². The lowest BCUT2D eigenvalue weighted by molar-refractivity contribution is -0.137. The van der Waals surface area contributed by atoms with Crippen molar-refractivity contribution in [3.05, 3.63) is 70.8 Å². The molecule has 0 aliphatic rings. The third-order valence-corrected chi connectivity index (χ3v) is 5.41. The van der Waals surface area contributed by atoms with Crippen molar-refractivity contribution in [2.24, 2.45) is 0 Å². The Labute approximate surface area is 160 Å². The quantitative estimate of drug-likeness (QED) is 0.791. The highest BCUT2D eigenvalue weighted by Gasteiger charge is 2.30. The summed E-state index contributed by atoms with van der Waals surface area (Å²) in [6.07, 6.45) is -4.45. The number of nitrogens with zero attached hydrogens (tertiary/aromatic N) is 1. The minimum Gasteiger partial charge on any atom is -0.349 e. The van der Waals surface area contributed by atoms with E-state index < -0.39 is 39.3 Å².